The van der Waals surface area contributed by atoms with Crippen molar-refractivity contribution in [3.8, 4) is 0 Å². The molecule has 0 unspecified atom stereocenters. The van der Waals surface area contributed by atoms with E-state index in [-0.39, 0.29) is 0 Å². The molecule has 2 N–H and O–H groups in total. The fraction of sp³-hybridized carbons (Fsp3) is 0.462. The van der Waals surface area contributed by atoms with Gasteiger partial charge in [0.1, 0.15) is 0 Å². The SMILES string of the molecule is CCCN=C(N)N(C)c1cc(C)cc(C)c1. The number of nitrogens with two attached hydrogens (primary N) is 1. The smallest absolute Gasteiger partial charge is 0.195 e. The minimum atomic E-state index is 0.576. The summed E-state index contributed by atoms with van der Waals surface area (Å²) in [6.45, 7) is 7.04. The van der Waals surface area contributed by atoms with Crippen LogP contribution in [0.1, 0.15) is 24.5 Å². The van der Waals surface area contributed by atoms with Crippen LogP contribution < -0.4 is 10.6 Å². The third-order valence-corrected chi connectivity index (χ3v) is 2.43. The first-order chi connectivity index (χ1) is 7.54. The van der Waals surface area contributed by atoms with Crippen LogP contribution in [0.15, 0.2) is 23.2 Å². The van der Waals surface area contributed by atoms with E-state index >= 15 is 0 Å². The second kappa shape index (κ2) is 5.54. The third-order valence-electron chi connectivity index (χ3n) is 2.43. The Morgan fingerprint density at radius 3 is 2.31 bits per heavy atom. The summed E-state index contributed by atoms with van der Waals surface area (Å²) in [5, 5.41) is 0. The Labute approximate surface area is 98.0 Å². The van der Waals surface area contributed by atoms with Crippen molar-refractivity contribution in [2.75, 3.05) is 18.5 Å². The molecule has 0 radical (unpaired) electrons. The summed E-state index contributed by atoms with van der Waals surface area (Å²) < 4.78 is 0. The van der Waals surface area contributed by atoms with Gasteiger partial charge in [0.2, 0.25) is 0 Å². The van der Waals surface area contributed by atoms with Crippen LogP contribution in [-0.4, -0.2) is 19.6 Å². The lowest BCUT2D eigenvalue weighted by Gasteiger charge is -2.19. The number of aliphatic imine (C=N–C) groups is 1. The van der Waals surface area contributed by atoms with Crippen molar-refractivity contribution in [3.63, 3.8) is 0 Å². The lowest BCUT2D eigenvalue weighted by molar-refractivity contribution is 0.923. The van der Waals surface area contributed by atoms with Crippen molar-refractivity contribution in [1.29, 1.82) is 0 Å². The minimum absolute atomic E-state index is 0.576. The molecule has 88 valence electrons. The van der Waals surface area contributed by atoms with Gasteiger partial charge in [0, 0.05) is 19.3 Å². The molecule has 0 saturated carbocycles. The Bertz CT molecular complexity index is 363. The second-order valence-electron chi connectivity index (χ2n) is 4.14. The van der Waals surface area contributed by atoms with Crippen LogP contribution >= 0.6 is 0 Å². The molecular formula is C13H21N3. The molecule has 0 saturated heterocycles. The fourth-order valence-corrected chi connectivity index (χ4v) is 1.61. The van der Waals surface area contributed by atoms with E-state index in [1.165, 1.54) is 11.1 Å². The molecule has 3 nitrogen and oxygen atoms in total. The average molecular weight is 219 g/mol. The van der Waals surface area contributed by atoms with E-state index in [2.05, 4.69) is 44.0 Å². The Kier molecular flexibility index (Phi) is 4.35. The topological polar surface area (TPSA) is 41.6 Å². The Morgan fingerprint density at radius 2 is 1.81 bits per heavy atom. The molecule has 1 aromatic rings. The summed E-state index contributed by atoms with van der Waals surface area (Å²) >= 11 is 0. The van der Waals surface area contributed by atoms with Gasteiger partial charge in [-0.3, -0.25) is 4.99 Å². The van der Waals surface area contributed by atoms with Gasteiger partial charge < -0.3 is 10.6 Å². The van der Waals surface area contributed by atoms with E-state index in [1.807, 2.05) is 11.9 Å². The number of rotatable bonds is 3. The molecule has 1 aromatic carbocycles. The minimum Gasteiger partial charge on any atom is -0.370 e. The molecule has 0 spiro atoms. The first-order valence-electron chi connectivity index (χ1n) is 5.66. The maximum Gasteiger partial charge on any atom is 0.195 e. The number of nitrogens with zero attached hydrogens (tertiary/aromatic N) is 2. The Morgan fingerprint density at radius 1 is 1.25 bits per heavy atom. The highest BCUT2D eigenvalue weighted by Crippen LogP contribution is 2.17. The molecule has 3 heteroatoms. The molecule has 0 heterocycles. The summed E-state index contributed by atoms with van der Waals surface area (Å²) in [6.07, 6.45) is 1.02. The molecule has 0 atom stereocenters. The quantitative estimate of drug-likeness (QED) is 0.626. The number of hydrogen-bond donors (Lipinski definition) is 1. The summed E-state index contributed by atoms with van der Waals surface area (Å²) in [5.41, 5.74) is 9.49. The van der Waals surface area contributed by atoms with E-state index in [0.29, 0.717) is 5.96 Å². The van der Waals surface area contributed by atoms with Crippen molar-refractivity contribution in [2.24, 2.45) is 10.7 Å². The number of anilines is 1. The van der Waals surface area contributed by atoms with Crippen molar-refractivity contribution >= 4 is 11.6 Å². The van der Waals surface area contributed by atoms with Crippen LogP contribution in [0.4, 0.5) is 5.69 Å². The summed E-state index contributed by atoms with van der Waals surface area (Å²) in [6, 6.07) is 6.37. The van der Waals surface area contributed by atoms with Gasteiger partial charge in [-0.2, -0.15) is 0 Å². The summed E-state index contributed by atoms with van der Waals surface area (Å²) in [4.78, 5) is 6.22. The number of benzene rings is 1. The van der Waals surface area contributed by atoms with Crippen LogP contribution in [0.2, 0.25) is 0 Å². The first-order valence-corrected chi connectivity index (χ1v) is 5.66. The Hall–Kier alpha value is -1.51. The molecule has 0 bridgehead atoms. The maximum atomic E-state index is 5.91. The number of guanidine groups is 1. The lowest BCUT2D eigenvalue weighted by atomic mass is 10.1. The van der Waals surface area contributed by atoms with Crippen LogP contribution in [0.3, 0.4) is 0 Å². The van der Waals surface area contributed by atoms with Gasteiger partial charge >= 0.3 is 0 Å². The normalized spacial score (nSPS) is 11.6. The molecule has 0 aliphatic rings. The zero-order valence-electron chi connectivity index (χ0n) is 10.6. The number of aryl methyl sites for hydroxylation is 2. The van der Waals surface area contributed by atoms with E-state index in [4.69, 9.17) is 5.73 Å². The highest BCUT2D eigenvalue weighted by atomic mass is 15.2. The van der Waals surface area contributed by atoms with E-state index in [9.17, 15) is 0 Å². The monoisotopic (exact) mass is 219 g/mol. The van der Waals surface area contributed by atoms with E-state index in [1.54, 1.807) is 0 Å². The molecular weight excluding hydrogens is 198 g/mol. The van der Waals surface area contributed by atoms with Gasteiger partial charge in [0.25, 0.3) is 0 Å². The van der Waals surface area contributed by atoms with E-state index < -0.39 is 0 Å². The molecule has 0 aliphatic carbocycles. The second-order valence-corrected chi connectivity index (χ2v) is 4.14. The first kappa shape index (κ1) is 12.6. The van der Waals surface area contributed by atoms with Crippen molar-refractivity contribution in [3.05, 3.63) is 29.3 Å². The largest absolute Gasteiger partial charge is 0.370 e. The average Bonchev–Trinajstić information content (AvgIpc) is 2.23. The maximum absolute atomic E-state index is 5.91. The standard InChI is InChI=1S/C13H21N3/c1-5-6-15-13(14)16(4)12-8-10(2)7-11(3)9-12/h7-9H,5-6H2,1-4H3,(H2,14,15). The van der Waals surface area contributed by atoms with Gasteiger partial charge in [0.05, 0.1) is 0 Å². The van der Waals surface area contributed by atoms with Gasteiger partial charge in [-0.15, -0.1) is 0 Å². The summed E-state index contributed by atoms with van der Waals surface area (Å²) in [7, 11) is 1.95. The zero-order chi connectivity index (χ0) is 12.1. The van der Waals surface area contributed by atoms with Crippen LogP contribution in [0, 0.1) is 13.8 Å². The molecule has 0 amide bonds. The fourth-order valence-electron chi connectivity index (χ4n) is 1.61. The molecule has 1 rings (SSSR count). The van der Waals surface area contributed by atoms with Crippen LogP contribution in [-0.2, 0) is 0 Å². The lowest BCUT2D eigenvalue weighted by Crippen LogP contribution is -2.34. The number of hydrogen-bond acceptors (Lipinski definition) is 1. The summed E-state index contributed by atoms with van der Waals surface area (Å²) in [5.74, 6) is 0.576. The van der Waals surface area contributed by atoms with E-state index in [0.717, 1.165) is 18.7 Å². The Balaban J connectivity index is 2.91. The predicted molar refractivity (Wildman–Crippen MR) is 71.1 cm³/mol. The zero-order valence-corrected chi connectivity index (χ0v) is 10.6. The van der Waals surface area contributed by atoms with Crippen molar-refractivity contribution in [1.82, 2.24) is 0 Å². The third kappa shape index (κ3) is 3.26. The molecule has 0 fully saturated rings. The molecule has 0 aromatic heterocycles. The highest BCUT2D eigenvalue weighted by Gasteiger charge is 2.05. The van der Waals surface area contributed by atoms with Gasteiger partial charge in [-0.05, 0) is 43.5 Å². The van der Waals surface area contributed by atoms with Gasteiger partial charge in [0.15, 0.2) is 5.96 Å². The van der Waals surface area contributed by atoms with Gasteiger partial charge in [-0.1, -0.05) is 13.0 Å². The molecule has 0 aliphatic heterocycles. The van der Waals surface area contributed by atoms with Crippen LogP contribution in [0.25, 0.3) is 0 Å². The van der Waals surface area contributed by atoms with Crippen LogP contribution in [0.5, 0.6) is 0 Å². The molecule has 16 heavy (non-hydrogen) atoms. The predicted octanol–water partition coefficient (Wildman–Crippen LogP) is 2.46. The van der Waals surface area contributed by atoms with Gasteiger partial charge in [-0.25, -0.2) is 0 Å². The van der Waals surface area contributed by atoms with Crippen molar-refractivity contribution in [2.45, 2.75) is 27.2 Å². The highest BCUT2D eigenvalue weighted by molar-refractivity contribution is 5.94. The van der Waals surface area contributed by atoms with Crippen molar-refractivity contribution < 1.29 is 0 Å².